The molecule has 2 fully saturated rings. The van der Waals surface area contributed by atoms with Crippen molar-refractivity contribution in [3.8, 4) is 28.0 Å². The summed E-state index contributed by atoms with van der Waals surface area (Å²) in [5.41, 5.74) is 0.509. The number of rotatable bonds is 9. The van der Waals surface area contributed by atoms with Crippen LogP contribution in [-0.2, 0) is 33.1 Å². The maximum absolute atomic E-state index is 13.7. The van der Waals surface area contributed by atoms with Gasteiger partial charge in [-0.15, -0.1) is 0 Å². The van der Waals surface area contributed by atoms with E-state index < -0.39 is 53.3 Å². The molecular weight excluding hydrogens is 710 g/mol. The summed E-state index contributed by atoms with van der Waals surface area (Å²) in [6.07, 6.45) is -11.1. The molecule has 10 nitrogen and oxygen atoms in total. The van der Waals surface area contributed by atoms with Crippen molar-refractivity contribution in [2.45, 2.75) is 51.0 Å². The van der Waals surface area contributed by atoms with Gasteiger partial charge in [0.05, 0.1) is 55.3 Å². The Morgan fingerprint density at radius 1 is 0.906 bits per heavy atom. The standard InChI is InChI=1S/C37H34F6N4O6/c1-19-10-22(33(48)52-5)6-8-27(19)21-7-9-31(51-4)28(13-21)29-15-44-34(46-16-26(17-46)50-3)45-30(29)18-47-20(2)32(53-35(47)49)23-11-24(36(38,39)40)14-25(12-23)37(41,42)43/h6-15,20,26,32H,16-18H2,1-5H3/t20-,32-/m0/s1. The predicted molar refractivity (Wildman–Crippen MR) is 179 cm³/mol. The molecule has 0 aliphatic carbocycles. The first-order chi connectivity index (χ1) is 25.0. The first-order valence-electron chi connectivity index (χ1n) is 16.3. The lowest BCUT2D eigenvalue weighted by atomic mass is 9.94. The summed E-state index contributed by atoms with van der Waals surface area (Å²) in [4.78, 5) is 38.0. The second-order valence-electron chi connectivity index (χ2n) is 12.7. The van der Waals surface area contributed by atoms with Gasteiger partial charge in [0.15, 0.2) is 0 Å². The Kier molecular flexibility index (Phi) is 10.0. The van der Waals surface area contributed by atoms with Gasteiger partial charge in [-0.25, -0.2) is 19.6 Å². The van der Waals surface area contributed by atoms with Gasteiger partial charge in [0.25, 0.3) is 0 Å². The fourth-order valence-corrected chi connectivity index (χ4v) is 6.44. The number of aromatic nitrogens is 2. The van der Waals surface area contributed by atoms with Crippen LogP contribution in [0, 0.1) is 6.92 Å². The first-order valence-corrected chi connectivity index (χ1v) is 16.3. The molecule has 4 aromatic rings. The maximum atomic E-state index is 13.7. The molecule has 2 aliphatic heterocycles. The van der Waals surface area contributed by atoms with Crippen molar-refractivity contribution in [2.75, 3.05) is 39.3 Å². The van der Waals surface area contributed by atoms with E-state index in [2.05, 4.69) is 4.98 Å². The number of esters is 1. The molecule has 0 unspecified atom stereocenters. The fourth-order valence-electron chi connectivity index (χ4n) is 6.44. The van der Waals surface area contributed by atoms with Crippen LogP contribution < -0.4 is 9.64 Å². The highest BCUT2D eigenvalue weighted by Crippen LogP contribution is 2.43. The van der Waals surface area contributed by atoms with E-state index in [9.17, 15) is 35.9 Å². The minimum absolute atomic E-state index is 0.0256. The van der Waals surface area contributed by atoms with Crippen molar-refractivity contribution in [3.63, 3.8) is 0 Å². The number of aryl methyl sites for hydroxylation is 1. The average Bonchev–Trinajstić information content (AvgIpc) is 3.38. The highest BCUT2D eigenvalue weighted by atomic mass is 19.4. The van der Waals surface area contributed by atoms with Crippen molar-refractivity contribution in [3.05, 3.63) is 94.3 Å². The molecular formula is C37H34F6N4O6. The van der Waals surface area contributed by atoms with Crippen molar-refractivity contribution in [1.82, 2.24) is 14.9 Å². The lowest BCUT2D eigenvalue weighted by Gasteiger charge is -2.38. The quantitative estimate of drug-likeness (QED) is 0.125. The molecule has 1 aromatic heterocycles. The fraction of sp³-hybridized carbons (Fsp3) is 0.351. The second kappa shape index (κ2) is 14.2. The second-order valence-corrected chi connectivity index (χ2v) is 12.7. The SMILES string of the molecule is COC(=O)c1ccc(-c2ccc(OC)c(-c3cnc(N4CC(OC)C4)nc3CN3C(=O)O[C@H](c4cc(C(F)(F)F)cc(C(F)(F)F)c4)[C@@H]3C)c2)c(C)c1. The molecule has 1 amide bonds. The Morgan fingerprint density at radius 2 is 1.58 bits per heavy atom. The van der Waals surface area contributed by atoms with Gasteiger partial charge in [-0.1, -0.05) is 12.1 Å². The Balaban J connectivity index is 1.41. The molecule has 3 aromatic carbocycles. The zero-order valence-corrected chi connectivity index (χ0v) is 29.1. The number of benzene rings is 3. The molecule has 0 bridgehead atoms. The van der Waals surface area contributed by atoms with E-state index in [4.69, 9.17) is 23.9 Å². The number of anilines is 1. The third-order valence-corrected chi connectivity index (χ3v) is 9.42. The lowest BCUT2D eigenvalue weighted by Crippen LogP contribution is -2.52. The number of amides is 1. The molecule has 2 atom stereocenters. The molecule has 0 saturated carbocycles. The van der Waals surface area contributed by atoms with E-state index >= 15 is 0 Å². The molecule has 16 heteroatoms. The van der Waals surface area contributed by atoms with Crippen LogP contribution >= 0.6 is 0 Å². The first kappa shape index (κ1) is 37.4. The van der Waals surface area contributed by atoms with Crippen molar-refractivity contribution < 1.29 is 54.9 Å². The Bertz CT molecular complexity index is 2020. The van der Waals surface area contributed by atoms with E-state index in [1.807, 2.05) is 24.0 Å². The van der Waals surface area contributed by atoms with Crippen LogP contribution in [0.4, 0.5) is 37.1 Å². The van der Waals surface area contributed by atoms with Crippen LogP contribution in [0.1, 0.15) is 51.3 Å². The third-order valence-electron chi connectivity index (χ3n) is 9.42. The van der Waals surface area contributed by atoms with E-state index in [0.29, 0.717) is 59.3 Å². The highest BCUT2D eigenvalue weighted by Gasteiger charge is 2.44. The minimum atomic E-state index is -5.08. The summed E-state index contributed by atoms with van der Waals surface area (Å²) in [6, 6.07) is 10.7. The van der Waals surface area contributed by atoms with Crippen molar-refractivity contribution in [2.24, 2.45) is 0 Å². The third kappa shape index (κ3) is 7.45. The van der Waals surface area contributed by atoms with Gasteiger partial charge in [0.1, 0.15) is 11.9 Å². The molecule has 2 saturated heterocycles. The molecule has 0 radical (unpaired) electrons. The number of methoxy groups -OCH3 is 3. The normalized spacial score (nSPS) is 17.8. The van der Waals surface area contributed by atoms with Gasteiger partial charge in [-0.2, -0.15) is 26.3 Å². The molecule has 6 rings (SSSR count). The molecule has 3 heterocycles. The zero-order valence-electron chi connectivity index (χ0n) is 29.1. The van der Waals surface area contributed by atoms with Crippen LogP contribution in [0.3, 0.4) is 0 Å². The lowest BCUT2D eigenvalue weighted by molar-refractivity contribution is -0.143. The monoisotopic (exact) mass is 744 g/mol. The molecule has 53 heavy (non-hydrogen) atoms. The zero-order chi connectivity index (χ0) is 38.4. The number of alkyl halides is 6. The summed E-state index contributed by atoms with van der Waals surface area (Å²) >= 11 is 0. The molecule has 2 aliphatic rings. The van der Waals surface area contributed by atoms with Crippen LogP contribution in [0.5, 0.6) is 5.75 Å². The summed E-state index contributed by atoms with van der Waals surface area (Å²) in [5.74, 6) is 0.268. The van der Waals surface area contributed by atoms with Gasteiger partial charge in [0.2, 0.25) is 5.95 Å². The largest absolute Gasteiger partial charge is 0.496 e. The minimum Gasteiger partial charge on any atom is -0.496 e. The molecule has 0 spiro atoms. The number of hydrogen-bond acceptors (Lipinski definition) is 9. The van der Waals surface area contributed by atoms with Gasteiger partial charge < -0.3 is 23.8 Å². The number of ether oxygens (including phenoxy) is 4. The van der Waals surface area contributed by atoms with Crippen LogP contribution in [0.2, 0.25) is 0 Å². The van der Waals surface area contributed by atoms with Crippen molar-refractivity contribution in [1.29, 1.82) is 0 Å². The Hall–Kier alpha value is -5.38. The van der Waals surface area contributed by atoms with Gasteiger partial charge in [-0.3, -0.25) is 4.90 Å². The Labute approximate surface area is 300 Å². The highest BCUT2D eigenvalue weighted by molar-refractivity contribution is 5.91. The van der Waals surface area contributed by atoms with Gasteiger partial charge >= 0.3 is 24.4 Å². The number of halogens is 6. The summed E-state index contributed by atoms with van der Waals surface area (Å²) in [5, 5.41) is 0. The molecule has 280 valence electrons. The summed E-state index contributed by atoms with van der Waals surface area (Å²) in [7, 11) is 4.35. The van der Waals surface area contributed by atoms with E-state index in [-0.39, 0.29) is 18.7 Å². The van der Waals surface area contributed by atoms with Crippen LogP contribution in [0.25, 0.3) is 22.3 Å². The summed E-state index contributed by atoms with van der Waals surface area (Å²) in [6.45, 7) is 4.07. The summed E-state index contributed by atoms with van der Waals surface area (Å²) < 4.78 is 104. The average molecular weight is 745 g/mol. The van der Waals surface area contributed by atoms with Gasteiger partial charge in [0, 0.05) is 37.5 Å². The van der Waals surface area contributed by atoms with E-state index in [1.54, 1.807) is 37.6 Å². The number of cyclic esters (lactones) is 1. The number of hydrogen-bond donors (Lipinski definition) is 0. The van der Waals surface area contributed by atoms with Crippen molar-refractivity contribution >= 4 is 18.0 Å². The predicted octanol–water partition coefficient (Wildman–Crippen LogP) is 7.87. The smallest absolute Gasteiger partial charge is 0.416 e. The topological polar surface area (TPSA) is 103 Å². The Morgan fingerprint density at radius 3 is 2.17 bits per heavy atom. The maximum Gasteiger partial charge on any atom is 0.416 e. The number of nitrogens with zero attached hydrogens (tertiary/aromatic N) is 4. The van der Waals surface area contributed by atoms with E-state index in [0.717, 1.165) is 16.7 Å². The molecule has 0 N–H and O–H groups in total. The van der Waals surface area contributed by atoms with Gasteiger partial charge in [-0.05, 0) is 78.6 Å². The van der Waals surface area contributed by atoms with E-state index in [1.165, 1.54) is 26.0 Å². The number of carbonyl (C=O) groups is 2. The van der Waals surface area contributed by atoms with Crippen LogP contribution in [-0.4, -0.2) is 73.5 Å². The van der Waals surface area contributed by atoms with Crippen LogP contribution in [0.15, 0.2) is 60.8 Å². The number of carbonyl (C=O) groups excluding carboxylic acids is 2.